The number of carboxylic acid groups (broad SMARTS) is 1. The summed E-state index contributed by atoms with van der Waals surface area (Å²) in [6.07, 6.45) is 0. The number of aliphatic carboxylic acids is 1. The lowest BCUT2D eigenvalue weighted by Crippen LogP contribution is -2.22. The molecule has 0 spiro atoms. The third-order valence-electron chi connectivity index (χ3n) is 2.29. The van der Waals surface area contributed by atoms with Crippen molar-refractivity contribution in [1.82, 2.24) is 0 Å². The molecule has 88 valence electrons. The molecule has 1 aromatic carbocycles. The quantitative estimate of drug-likeness (QED) is 0.790. The summed E-state index contributed by atoms with van der Waals surface area (Å²) >= 11 is 0. The van der Waals surface area contributed by atoms with E-state index in [4.69, 9.17) is 15.6 Å². The van der Waals surface area contributed by atoms with Gasteiger partial charge in [0, 0.05) is 19.2 Å². The molecule has 1 atom stereocenters. The Labute approximate surface area is 92.8 Å². The van der Waals surface area contributed by atoms with Crippen LogP contribution in [0.15, 0.2) is 18.2 Å². The Hall–Kier alpha value is -1.46. The van der Waals surface area contributed by atoms with Crippen molar-refractivity contribution in [2.24, 2.45) is 5.73 Å². The highest BCUT2D eigenvalue weighted by molar-refractivity contribution is 5.76. The number of hydrogen-bond donors (Lipinski definition) is 2. The van der Waals surface area contributed by atoms with Crippen LogP contribution in [0.5, 0.6) is 0 Å². The molecule has 0 aliphatic heterocycles. The van der Waals surface area contributed by atoms with Gasteiger partial charge in [0.05, 0.1) is 12.5 Å². The average molecular weight is 227 g/mol. The number of ether oxygens (including phenoxy) is 1. The number of nitrogens with two attached hydrogens (primary N) is 1. The van der Waals surface area contributed by atoms with E-state index in [0.29, 0.717) is 5.56 Å². The highest BCUT2D eigenvalue weighted by Gasteiger charge is 2.21. The van der Waals surface area contributed by atoms with Crippen molar-refractivity contribution in [3.63, 3.8) is 0 Å². The number of carboxylic acids is 1. The SMILES string of the molecule is COCc1ccc(C(CN)C(=O)O)c(F)c1. The van der Waals surface area contributed by atoms with Crippen LogP contribution in [0.3, 0.4) is 0 Å². The number of carbonyl (C=O) groups is 1. The summed E-state index contributed by atoms with van der Waals surface area (Å²) in [6.45, 7) is 0.160. The van der Waals surface area contributed by atoms with Crippen LogP contribution >= 0.6 is 0 Å². The van der Waals surface area contributed by atoms with Gasteiger partial charge in [-0.15, -0.1) is 0 Å². The largest absolute Gasteiger partial charge is 0.481 e. The first-order chi connectivity index (χ1) is 7.60. The number of hydrogen-bond acceptors (Lipinski definition) is 3. The summed E-state index contributed by atoms with van der Waals surface area (Å²) in [5.41, 5.74) is 6.06. The van der Waals surface area contributed by atoms with Gasteiger partial charge in [-0.2, -0.15) is 0 Å². The minimum atomic E-state index is -1.12. The van der Waals surface area contributed by atoms with Crippen molar-refractivity contribution in [2.75, 3.05) is 13.7 Å². The molecule has 0 aromatic heterocycles. The standard InChI is InChI=1S/C11H14FNO3/c1-16-6-7-2-3-8(10(12)4-7)9(5-13)11(14)15/h2-4,9H,5-6,13H2,1H3,(H,14,15). The summed E-state index contributed by atoms with van der Waals surface area (Å²) in [6, 6.07) is 4.34. The van der Waals surface area contributed by atoms with Crippen LogP contribution < -0.4 is 5.73 Å². The Bertz CT molecular complexity index is 381. The molecular weight excluding hydrogens is 213 g/mol. The molecule has 0 aliphatic carbocycles. The first-order valence-corrected chi connectivity index (χ1v) is 4.80. The summed E-state index contributed by atoms with van der Waals surface area (Å²) in [5.74, 6) is -2.69. The minimum absolute atomic E-state index is 0.106. The van der Waals surface area contributed by atoms with E-state index in [2.05, 4.69) is 0 Å². The predicted octanol–water partition coefficient (Wildman–Crippen LogP) is 1.10. The fraction of sp³-hybridized carbons (Fsp3) is 0.364. The van der Waals surface area contributed by atoms with Crippen LogP contribution in [-0.4, -0.2) is 24.7 Å². The molecule has 3 N–H and O–H groups in total. The predicted molar refractivity (Wildman–Crippen MR) is 56.5 cm³/mol. The van der Waals surface area contributed by atoms with Crippen molar-refractivity contribution in [1.29, 1.82) is 0 Å². The Morgan fingerprint density at radius 3 is 2.75 bits per heavy atom. The summed E-state index contributed by atoms with van der Waals surface area (Å²) < 4.78 is 18.4. The molecule has 0 heterocycles. The molecule has 4 nitrogen and oxygen atoms in total. The fourth-order valence-electron chi connectivity index (χ4n) is 1.47. The van der Waals surface area contributed by atoms with Gasteiger partial charge in [-0.05, 0) is 11.6 Å². The summed E-state index contributed by atoms with van der Waals surface area (Å²) in [7, 11) is 1.51. The normalized spacial score (nSPS) is 12.4. The smallest absolute Gasteiger partial charge is 0.312 e. The van der Waals surface area contributed by atoms with Crippen molar-refractivity contribution in [3.05, 3.63) is 35.1 Å². The molecule has 5 heteroatoms. The lowest BCUT2D eigenvalue weighted by molar-refractivity contribution is -0.138. The average Bonchev–Trinajstić information content (AvgIpc) is 2.22. The number of methoxy groups -OCH3 is 1. The lowest BCUT2D eigenvalue weighted by atomic mass is 9.97. The molecule has 0 saturated carbocycles. The maximum Gasteiger partial charge on any atom is 0.312 e. The Kier molecular flexibility index (Phi) is 4.39. The summed E-state index contributed by atoms with van der Waals surface area (Å²) in [4.78, 5) is 10.8. The van der Waals surface area contributed by atoms with E-state index in [1.807, 2.05) is 0 Å². The molecule has 1 aromatic rings. The Morgan fingerprint density at radius 2 is 2.31 bits per heavy atom. The Morgan fingerprint density at radius 1 is 1.62 bits per heavy atom. The number of rotatable bonds is 5. The second-order valence-corrected chi connectivity index (χ2v) is 3.42. The maximum atomic E-state index is 13.6. The van der Waals surface area contributed by atoms with E-state index in [0.717, 1.165) is 0 Å². The van der Waals surface area contributed by atoms with Gasteiger partial charge in [0.1, 0.15) is 5.82 Å². The van der Waals surface area contributed by atoms with Crippen molar-refractivity contribution < 1.29 is 19.0 Å². The molecule has 0 aliphatic rings. The zero-order chi connectivity index (χ0) is 12.1. The second kappa shape index (κ2) is 5.58. The summed E-state index contributed by atoms with van der Waals surface area (Å²) in [5, 5.41) is 8.85. The third kappa shape index (κ3) is 2.77. The minimum Gasteiger partial charge on any atom is -0.481 e. The van der Waals surface area contributed by atoms with Crippen LogP contribution in [0.2, 0.25) is 0 Å². The van der Waals surface area contributed by atoms with Gasteiger partial charge in [-0.1, -0.05) is 12.1 Å². The van der Waals surface area contributed by atoms with Crippen molar-refractivity contribution in [2.45, 2.75) is 12.5 Å². The molecule has 0 bridgehead atoms. The van der Waals surface area contributed by atoms with Gasteiger partial charge in [-0.25, -0.2) is 4.39 Å². The Balaban J connectivity index is 3.01. The van der Waals surface area contributed by atoms with Gasteiger partial charge in [0.2, 0.25) is 0 Å². The van der Waals surface area contributed by atoms with Gasteiger partial charge < -0.3 is 15.6 Å². The van der Waals surface area contributed by atoms with E-state index < -0.39 is 17.7 Å². The highest BCUT2D eigenvalue weighted by atomic mass is 19.1. The van der Waals surface area contributed by atoms with E-state index in [9.17, 15) is 9.18 Å². The van der Waals surface area contributed by atoms with Crippen LogP contribution in [0.25, 0.3) is 0 Å². The molecule has 0 radical (unpaired) electrons. The number of benzene rings is 1. The van der Waals surface area contributed by atoms with Gasteiger partial charge in [0.25, 0.3) is 0 Å². The van der Waals surface area contributed by atoms with Crippen LogP contribution in [-0.2, 0) is 16.1 Å². The van der Waals surface area contributed by atoms with Gasteiger partial charge >= 0.3 is 5.97 Å². The van der Waals surface area contributed by atoms with Crippen LogP contribution in [0, 0.1) is 5.82 Å². The third-order valence-corrected chi connectivity index (χ3v) is 2.29. The van der Waals surface area contributed by atoms with E-state index >= 15 is 0 Å². The van der Waals surface area contributed by atoms with E-state index in [1.165, 1.54) is 19.2 Å². The van der Waals surface area contributed by atoms with Crippen molar-refractivity contribution >= 4 is 5.97 Å². The van der Waals surface area contributed by atoms with Gasteiger partial charge in [-0.3, -0.25) is 4.79 Å². The molecular formula is C11H14FNO3. The monoisotopic (exact) mass is 227 g/mol. The second-order valence-electron chi connectivity index (χ2n) is 3.42. The lowest BCUT2D eigenvalue weighted by Gasteiger charge is -2.12. The first kappa shape index (κ1) is 12.6. The van der Waals surface area contributed by atoms with Crippen LogP contribution in [0.4, 0.5) is 4.39 Å². The fourth-order valence-corrected chi connectivity index (χ4v) is 1.47. The zero-order valence-electron chi connectivity index (χ0n) is 8.94. The molecule has 0 fully saturated rings. The highest BCUT2D eigenvalue weighted by Crippen LogP contribution is 2.20. The topological polar surface area (TPSA) is 72.5 Å². The maximum absolute atomic E-state index is 13.6. The van der Waals surface area contributed by atoms with Gasteiger partial charge in [0.15, 0.2) is 0 Å². The van der Waals surface area contributed by atoms with Crippen LogP contribution in [0.1, 0.15) is 17.0 Å². The van der Waals surface area contributed by atoms with E-state index in [1.54, 1.807) is 6.07 Å². The van der Waals surface area contributed by atoms with E-state index in [-0.39, 0.29) is 18.7 Å². The first-order valence-electron chi connectivity index (χ1n) is 4.80. The molecule has 1 rings (SSSR count). The van der Waals surface area contributed by atoms with Crippen molar-refractivity contribution in [3.8, 4) is 0 Å². The number of halogens is 1. The zero-order valence-corrected chi connectivity index (χ0v) is 8.94. The molecule has 0 amide bonds. The molecule has 0 saturated heterocycles. The molecule has 16 heavy (non-hydrogen) atoms. The molecule has 1 unspecified atom stereocenters.